The molecule has 4 saturated carbocycles. The van der Waals surface area contributed by atoms with E-state index < -0.39 is 0 Å². The summed E-state index contributed by atoms with van der Waals surface area (Å²) in [7, 11) is 0. The van der Waals surface area contributed by atoms with E-state index in [-0.39, 0.29) is 10.8 Å². The van der Waals surface area contributed by atoms with Crippen LogP contribution in [0.25, 0.3) is 0 Å². The van der Waals surface area contributed by atoms with Gasteiger partial charge in [0.2, 0.25) is 0 Å². The molecular formula is C12H18O. The second-order valence-corrected chi connectivity index (χ2v) is 6.17. The molecule has 4 atom stereocenters. The van der Waals surface area contributed by atoms with Gasteiger partial charge in [-0.05, 0) is 42.4 Å². The minimum absolute atomic E-state index is 0.0666. The van der Waals surface area contributed by atoms with Gasteiger partial charge in [0.1, 0.15) is 5.78 Å². The number of ketones is 1. The fourth-order valence-electron chi connectivity index (χ4n) is 4.92. The first kappa shape index (κ1) is 8.02. The molecule has 0 aromatic carbocycles. The molecule has 0 radical (unpaired) electrons. The Hall–Kier alpha value is -0.330. The van der Waals surface area contributed by atoms with Crippen LogP contribution in [0.5, 0.6) is 0 Å². The molecule has 0 heterocycles. The van der Waals surface area contributed by atoms with E-state index in [4.69, 9.17) is 0 Å². The molecule has 13 heavy (non-hydrogen) atoms. The third kappa shape index (κ3) is 0.480. The smallest absolute Gasteiger partial charge is 0.136 e. The SMILES string of the molecule is CC(=O)C12C[C@@H]3[C@H](C1)C3(C)C2(C)C. The first-order valence-corrected chi connectivity index (χ1v) is 5.39. The molecular weight excluding hydrogens is 160 g/mol. The van der Waals surface area contributed by atoms with E-state index in [1.165, 1.54) is 12.8 Å². The highest BCUT2D eigenvalue weighted by atomic mass is 16.1. The highest BCUT2D eigenvalue weighted by molar-refractivity contribution is 5.86. The van der Waals surface area contributed by atoms with Crippen molar-refractivity contribution in [1.82, 2.24) is 0 Å². The summed E-state index contributed by atoms with van der Waals surface area (Å²) in [6.45, 7) is 8.85. The summed E-state index contributed by atoms with van der Waals surface area (Å²) in [4.78, 5) is 11.8. The van der Waals surface area contributed by atoms with Gasteiger partial charge in [0.15, 0.2) is 0 Å². The number of Topliss-reactive ketones (excluding diaryl/α,β-unsaturated/α-hetero) is 1. The quantitative estimate of drug-likeness (QED) is 0.603. The number of hydrogen-bond acceptors (Lipinski definition) is 1. The van der Waals surface area contributed by atoms with Crippen LogP contribution in [-0.4, -0.2) is 5.78 Å². The van der Waals surface area contributed by atoms with Crippen LogP contribution in [0.1, 0.15) is 40.5 Å². The molecule has 0 aromatic rings. The molecule has 72 valence electrons. The van der Waals surface area contributed by atoms with Gasteiger partial charge >= 0.3 is 0 Å². The van der Waals surface area contributed by atoms with Gasteiger partial charge in [-0.25, -0.2) is 0 Å². The number of carbonyl (C=O) groups excluding carboxylic acids is 1. The van der Waals surface area contributed by atoms with Crippen molar-refractivity contribution in [2.75, 3.05) is 0 Å². The molecule has 4 aliphatic carbocycles. The van der Waals surface area contributed by atoms with E-state index >= 15 is 0 Å². The molecule has 4 aliphatic rings. The normalized spacial score (nSPS) is 59.7. The molecule has 1 heteroatoms. The van der Waals surface area contributed by atoms with Gasteiger partial charge in [0, 0.05) is 5.41 Å². The average molecular weight is 178 g/mol. The van der Waals surface area contributed by atoms with Crippen LogP contribution in [0.3, 0.4) is 0 Å². The summed E-state index contributed by atoms with van der Waals surface area (Å²) >= 11 is 0. The summed E-state index contributed by atoms with van der Waals surface area (Å²) in [5, 5.41) is 0. The maximum atomic E-state index is 11.8. The highest BCUT2D eigenvalue weighted by Gasteiger charge is 2.86. The molecule has 2 unspecified atom stereocenters. The average Bonchev–Trinajstić information content (AvgIpc) is 2.42. The molecule has 4 fully saturated rings. The Kier molecular flexibility index (Phi) is 0.997. The van der Waals surface area contributed by atoms with Crippen LogP contribution in [0.15, 0.2) is 0 Å². The molecule has 0 N–H and O–H groups in total. The minimum Gasteiger partial charge on any atom is -0.299 e. The van der Waals surface area contributed by atoms with Gasteiger partial charge in [-0.3, -0.25) is 4.79 Å². The number of rotatable bonds is 1. The lowest BCUT2D eigenvalue weighted by molar-refractivity contribution is -0.131. The lowest BCUT2D eigenvalue weighted by Crippen LogP contribution is -2.38. The third-order valence-corrected chi connectivity index (χ3v) is 6.27. The summed E-state index contributed by atoms with van der Waals surface area (Å²) in [6, 6.07) is 0. The maximum Gasteiger partial charge on any atom is 0.136 e. The van der Waals surface area contributed by atoms with Gasteiger partial charge in [0.25, 0.3) is 0 Å². The second kappa shape index (κ2) is 1.62. The van der Waals surface area contributed by atoms with Gasteiger partial charge in [-0.2, -0.15) is 0 Å². The lowest BCUT2D eigenvalue weighted by atomic mass is 9.64. The Labute approximate surface area is 79.9 Å². The van der Waals surface area contributed by atoms with Crippen molar-refractivity contribution < 1.29 is 4.79 Å². The Morgan fingerprint density at radius 1 is 1.15 bits per heavy atom. The second-order valence-electron chi connectivity index (χ2n) is 6.17. The predicted molar refractivity (Wildman–Crippen MR) is 51.2 cm³/mol. The van der Waals surface area contributed by atoms with E-state index in [1.54, 1.807) is 6.92 Å². The van der Waals surface area contributed by atoms with Crippen LogP contribution in [0.4, 0.5) is 0 Å². The molecule has 0 saturated heterocycles. The van der Waals surface area contributed by atoms with E-state index in [9.17, 15) is 4.79 Å². The summed E-state index contributed by atoms with van der Waals surface area (Å²) in [6.07, 6.45) is 2.38. The van der Waals surface area contributed by atoms with Gasteiger partial charge < -0.3 is 0 Å². The first-order valence-electron chi connectivity index (χ1n) is 5.39. The van der Waals surface area contributed by atoms with Crippen molar-refractivity contribution in [1.29, 1.82) is 0 Å². The zero-order valence-electron chi connectivity index (χ0n) is 8.98. The zero-order chi connectivity index (χ0) is 9.65. The molecule has 0 aliphatic heterocycles. The van der Waals surface area contributed by atoms with Crippen LogP contribution < -0.4 is 0 Å². The Morgan fingerprint density at radius 2 is 1.62 bits per heavy atom. The van der Waals surface area contributed by atoms with E-state index in [2.05, 4.69) is 20.8 Å². The van der Waals surface area contributed by atoms with Gasteiger partial charge in [-0.1, -0.05) is 20.8 Å². The van der Waals surface area contributed by atoms with Crippen molar-refractivity contribution in [3.8, 4) is 0 Å². The monoisotopic (exact) mass is 178 g/mol. The molecule has 0 aromatic heterocycles. The number of hydrogen-bond donors (Lipinski definition) is 0. The maximum absolute atomic E-state index is 11.8. The van der Waals surface area contributed by atoms with Crippen molar-refractivity contribution in [3.05, 3.63) is 0 Å². The van der Waals surface area contributed by atoms with Crippen molar-refractivity contribution >= 4 is 5.78 Å². The molecule has 4 bridgehead atoms. The summed E-state index contributed by atoms with van der Waals surface area (Å²) in [5.41, 5.74) is 0.844. The highest BCUT2D eigenvalue weighted by Crippen LogP contribution is 2.90. The molecule has 4 rings (SSSR count). The molecule has 0 amide bonds. The third-order valence-electron chi connectivity index (χ3n) is 6.27. The zero-order valence-corrected chi connectivity index (χ0v) is 8.98. The topological polar surface area (TPSA) is 17.1 Å². The standard InChI is InChI=1S/C12H18O/c1-7(13)12-5-8-9(6-12)11(8,4)10(12,2)3/h8-9H,5-6H2,1-4H3/t8-,9+,11?,12?. The van der Waals surface area contributed by atoms with E-state index in [0.717, 1.165) is 11.8 Å². The Bertz CT molecular complexity index is 301. The lowest BCUT2D eigenvalue weighted by Gasteiger charge is -2.38. The number of carbonyl (C=O) groups is 1. The van der Waals surface area contributed by atoms with Crippen LogP contribution >= 0.6 is 0 Å². The predicted octanol–water partition coefficient (Wildman–Crippen LogP) is 2.65. The van der Waals surface area contributed by atoms with Gasteiger partial charge in [0.05, 0.1) is 0 Å². The van der Waals surface area contributed by atoms with Crippen LogP contribution in [0.2, 0.25) is 0 Å². The summed E-state index contributed by atoms with van der Waals surface area (Å²) < 4.78 is 0. The van der Waals surface area contributed by atoms with Crippen LogP contribution in [0, 0.1) is 28.1 Å². The fourth-order valence-corrected chi connectivity index (χ4v) is 4.92. The largest absolute Gasteiger partial charge is 0.299 e. The van der Waals surface area contributed by atoms with Crippen molar-refractivity contribution in [2.45, 2.75) is 40.5 Å². The van der Waals surface area contributed by atoms with Crippen molar-refractivity contribution in [2.24, 2.45) is 28.1 Å². The fraction of sp³-hybridized carbons (Fsp3) is 0.917. The Morgan fingerprint density at radius 3 is 1.77 bits per heavy atom. The van der Waals surface area contributed by atoms with E-state index in [0.29, 0.717) is 11.2 Å². The van der Waals surface area contributed by atoms with E-state index in [1.807, 2.05) is 0 Å². The molecule has 1 nitrogen and oxygen atoms in total. The van der Waals surface area contributed by atoms with Gasteiger partial charge in [-0.15, -0.1) is 0 Å². The first-order chi connectivity index (χ1) is 5.88. The minimum atomic E-state index is 0.0666. The summed E-state index contributed by atoms with van der Waals surface area (Å²) in [5.74, 6) is 2.21. The Balaban J connectivity index is 2.18. The van der Waals surface area contributed by atoms with Crippen LogP contribution in [-0.2, 0) is 4.79 Å². The van der Waals surface area contributed by atoms with Crippen molar-refractivity contribution in [3.63, 3.8) is 0 Å². The molecule has 0 spiro atoms.